The Labute approximate surface area is 150 Å². The molecule has 0 amide bonds. The molecular formula is C18H16Cl2N3O+. The maximum Gasteiger partial charge on any atom is 0.355 e. The summed E-state index contributed by atoms with van der Waals surface area (Å²) in [5.41, 5.74) is 8.59. The number of nitrogens with two attached hydrogens (primary N) is 1. The second-order valence-corrected chi connectivity index (χ2v) is 6.37. The van der Waals surface area contributed by atoms with Crippen LogP contribution < -0.4 is 10.3 Å². The SMILES string of the molecule is Cn1c(-c2ccc(Cl)cc2)c[n+](CC(=O)c2cccc(Cl)c2)c1N. The van der Waals surface area contributed by atoms with Crippen LogP contribution in [0.3, 0.4) is 0 Å². The fourth-order valence-electron chi connectivity index (χ4n) is 2.54. The van der Waals surface area contributed by atoms with Crippen LogP contribution in [0.2, 0.25) is 10.0 Å². The van der Waals surface area contributed by atoms with Crippen LogP contribution in [0.5, 0.6) is 0 Å². The van der Waals surface area contributed by atoms with E-state index in [1.54, 1.807) is 28.8 Å². The largest absolute Gasteiger partial charge is 0.355 e. The molecule has 0 bridgehead atoms. The number of hydrogen-bond acceptors (Lipinski definition) is 2. The van der Waals surface area contributed by atoms with E-state index < -0.39 is 0 Å². The number of ketones is 1. The van der Waals surface area contributed by atoms with Gasteiger partial charge in [-0.25, -0.2) is 9.13 Å². The number of nitrogen functional groups attached to an aromatic ring is 1. The number of nitrogens with zero attached hydrogens (tertiary/aromatic N) is 2. The van der Waals surface area contributed by atoms with Crippen LogP contribution in [-0.2, 0) is 13.6 Å². The Morgan fingerprint density at radius 2 is 1.83 bits per heavy atom. The first-order chi connectivity index (χ1) is 11.5. The van der Waals surface area contributed by atoms with Gasteiger partial charge in [0, 0.05) is 21.2 Å². The zero-order valence-electron chi connectivity index (χ0n) is 13.0. The number of hydrogen-bond donors (Lipinski definition) is 1. The van der Waals surface area contributed by atoms with Gasteiger partial charge in [-0.15, -0.1) is 0 Å². The molecule has 3 aromatic rings. The van der Waals surface area contributed by atoms with Crippen molar-refractivity contribution in [1.29, 1.82) is 0 Å². The van der Waals surface area contributed by atoms with Crippen molar-refractivity contribution in [3.63, 3.8) is 0 Å². The lowest BCUT2D eigenvalue weighted by Crippen LogP contribution is -2.39. The Morgan fingerprint density at radius 3 is 2.50 bits per heavy atom. The molecule has 0 atom stereocenters. The van der Waals surface area contributed by atoms with Crippen molar-refractivity contribution in [1.82, 2.24) is 4.57 Å². The normalized spacial score (nSPS) is 10.8. The van der Waals surface area contributed by atoms with Crippen LogP contribution in [0.1, 0.15) is 10.4 Å². The quantitative estimate of drug-likeness (QED) is 0.568. The van der Waals surface area contributed by atoms with Crippen molar-refractivity contribution in [2.24, 2.45) is 7.05 Å². The minimum absolute atomic E-state index is 0.0533. The van der Waals surface area contributed by atoms with Gasteiger partial charge in [-0.05, 0) is 36.4 Å². The van der Waals surface area contributed by atoms with Gasteiger partial charge in [0.1, 0.15) is 18.4 Å². The Morgan fingerprint density at radius 1 is 1.12 bits per heavy atom. The van der Waals surface area contributed by atoms with E-state index in [0.717, 1.165) is 11.3 Å². The van der Waals surface area contributed by atoms with Crippen molar-refractivity contribution in [3.8, 4) is 11.3 Å². The molecule has 2 N–H and O–H groups in total. The fraction of sp³-hybridized carbons (Fsp3) is 0.111. The summed E-state index contributed by atoms with van der Waals surface area (Å²) in [6.45, 7) is 0.146. The smallest absolute Gasteiger partial charge is 0.291 e. The molecule has 0 saturated carbocycles. The van der Waals surface area contributed by atoms with E-state index in [9.17, 15) is 4.79 Å². The maximum absolute atomic E-state index is 12.5. The molecular weight excluding hydrogens is 345 g/mol. The van der Waals surface area contributed by atoms with Gasteiger partial charge in [-0.1, -0.05) is 35.3 Å². The average molecular weight is 361 g/mol. The van der Waals surface area contributed by atoms with Gasteiger partial charge in [-0.2, -0.15) is 0 Å². The van der Waals surface area contributed by atoms with Crippen LogP contribution >= 0.6 is 23.2 Å². The molecule has 1 heterocycles. The van der Waals surface area contributed by atoms with Crippen LogP contribution in [0, 0.1) is 0 Å². The Bertz CT molecular complexity index is 901. The van der Waals surface area contributed by atoms with Gasteiger partial charge in [0.25, 0.3) is 0 Å². The van der Waals surface area contributed by atoms with E-state index in [1.807, 2.05) is 42.1 Å². The molecule has 0 aliphatic carbocycles. The summed E-state index contributed by atoms with van der Waals surface area (Å²) in [5, 5.41) is 1.21. The summed E-state index contributed by atoms with van der Waals surface area (Å²) >= 11 is 11.9. The molecule has 0 spiro atoms. The Hall–Kier alpha value is -2.30. The van der Waals surface area contributed by atoms with Crippen LogP contribution in [0.4, 0.5) is 5.95 Å². The number of rotatable bonds is 4. The van der Waals surface area contributed by atoms with Crippen LogP contribution in [0.25, 0.3) is 11.3 Å². The van der Waals surface area contributed by atoms with Gasteiger partial charge in [0.15, 0.2) is 5.78 Å². The maximum atomic E-state index is 12.5. The topological polar surface area (TPSA) is 51.9 Å². The first kappa shape index (κ1) is 16.6. The first-order valence-electron chi connectivity index (χ1n) is 7.35. The highest BCUT2D eigenvalue weighted by Gasteiger charge is 2.20. The second-order valence-electron chi connectivity index (χ2n) is 5.50. The molecule has 3 rings (SSSR count). The highest BCUT2D eigenvalue weighted by Crippen LogP contribution is 2.22. The number of aromatic nitrogens is 2. The molecule has 0 unspecified atom stereocenters. The summed E-state index contributed by atoms with van der Waals surface area (Å²) < 4.78 is 3.57. The van der Waals surface area contributed by atoms with Gasteiger partial charge in [0.2, 0.25) is 0 Å². The molecule has 4 nitrogen and oxygen atoms in total. The number of halogens is 2. The highest BCUT2D eigenvalue weighted by molar-refractivity contribution is 6.31. The predicted molar refractivity (Wildman–Crippen MR) is 96.2 cm³/mol. The molecule has 0 aliphatic heterocycles. The third kappa shape index (κ3) is 3.30. The van der Waals surface area contributed by atoms with E-state index in [1.165, 1.54) is 0 Å². The molecule has 0 fully saturated rings. The number of benzene rings is 2. The zero-order chi connectivity index (χ0) is 17.3. The lowest BCUT2D eigenvalue weighted by Gasteiger charge is -2.01. The van der Waals surface area contributed by atoms with Gasteiger partial charge in [-0.3, -0.25) is 10.5 Å². The lowest BCUT2D eigenvalue weighted by atomic mass is 10.1. The minimum atomic E-state index is -0.0533. The molecule has 24 heavy (non-hydrogen) atoms. The Balaban J connectivity index is 1.91. The van der Waals surface area contributed by atoms with Crippen LogP contribution in [0.15, 0.2) is 54.7 Å². The molecule has 2 aromatic carbocycles. The second kappa shape index (κ2) is 6.67. The number of anilines is 1. The minimum Gasteiger partial charge on any atom is -0.291 e. The average Bonchev–Trinajstić information content (AvgIpc) is 2.84. The van der Waals surface area contributed by atoms with E-state index in [0.29, 0.717) is 21.6 Å². The standard InChI is InChI=1S/C18H15Cl2N3O/c1-22-16(12-5-7-14(19)8-6-12)10-23(18(22)21)11-17(24)13-3-2-4-15(20)9-13/h2-10,21H,11H2,1H3/p+1. The predicted octanol–water partition coefficient (Wildman–Crippen LogP) is 3.75. The first-order valence-corrected chi connectivity index (χ1v) is 8.10. The van der Waals surface area contributed by atoms with Gasteiger partial charge >= 0.3 is 5.95 Å². The van der Waals surface area contributed by atoms with E-state index in [2.05, 4.69) is 0 Å². The van der Waals surface area contributed by atoms with Gasteiger partial charge < -0.3 is 0 Å². The fourth-order valence-corrected chi connectivity index (χ4v) is 2.86. The van der Waals surface area contributed by atoms with Crippen molar-refractivity contribution in [2.75, 3.05) is 5.73 Å². The number of imidazole rings is 1. The van der Waals surface area contributed by atoms with Crippen molar-refractivity contribution in [3.05, 3.63) is 70.3 Å². The van der Waals surface area contributed by atoms with Crippen molar-refractivity contribution >= 4 is 34.9 Å². The van der Waals surface area contributed by atoms with Gasteiger partial charge in [0.05, 0.1) is 7.05 Å². The van der Waals surface area contributed by atoms with E-state index in [-0.39, 0.29) is 12.3 Å². The van der Waals surface area contributed by atoms with E-state index >= 15 is 0 Å². The zero-order valence-corrected chi connectivity index (χ0v) is 14.6. The van der Waals surface area contributed by atoms with Crippen molar-refractivity contribution in [2.45, 2.75) is 6.54 Å². The Kier molecular flexibility index (Phi) is 4.60. The summed E-state index contributed by atoms with van der Waals surface area (Å²) in [7, 11) is 1.86. The number of Topliss-reactive ketones (excluding diaryl/α,β-unsaturated/α-hetero) is 1. The summed E-state index contributed by atoms with van der Waals surface area (Å²) in [5.74, 6) is 0.442. The number of carbonyl (C=O) groups excluding carboxylic acids is 1. The van der Waals surface area contributed by atoms with Crippen LogP contribution in [-0.4, -0.2) is 10.4 Å². The molecule has 6 heteroatoms. The summed E-state index contributed by atoms with van der Waals surface area (Å²) in [4.78, 5) is 12.5. The highest BCUT2D eigenvalue weighted by atomic mass is 35.5. The third-order valence-corrected chi connectivity index (χ3v) is 4.36. The third-order valence-electron chi connectivity index (χ3n) is 3.88. The molecule has 1 aromatic heterocycles. The summed E-state index contributed by atoms with van der Waals surface area (Å²) in [6, 6.07) is 14.4. The van der Waals surface area contributed by atoms with E-state index in [4.69, 9.17) is 28.9 Å². The molecule has 0 saturated heterocycles. The molecule has 0 radical (unpaired) electrons. The number of carbonyl (C=O) groups is 1. The van der Waals surface area contributed by atoms with Crippen molar-refractivity contribution < 1.29 is 9.36 Å². The molecule has 0 aliphatic rings. The monoisotopic (exact) mass is 360 g/mol. The molecule has 122 valence electrons. The summed E-state index contributed by atoms with van der Waals surface area (Å²) in [6.07, 6.45) is 1.86. The lowest BCUT2D eigenvalue weighted by molar-refractivity contribution is -0.667.